The van der Waals surface area contributed by atoms with E-state index < -0.39 is 0 Å². The molecule has 1 nitrogen and oxygen atoms in total. The Bertz CT molecular complexity index is 298. The molecule has 1 aromatic rings. The van der Waals surface area contributed by atoms with Gasteiger partial charge in [-0.15, -0.1) is 0 Å². The molecular weight excluding hydrogens is 250 g/mol. The summed E-state index contributed by atoms with van der Waals surface area (Å²) in [5.74, 6) is 3.04. The van der Waals surface area contributed by atoms with Gasteiger partial charge in [0.05, 0.1) is 0 Å². The summed E-state index contributed by atoms with van der Waals surface area (Å²) < 4.78 is 0. The fraction of sp³-hybridized carbons (Fsp3) is 0.571. The van der Waals surface area contributed by atoms with E-state index in [1.54, 1.807) is 0 Å². The normalized spacial score (nSPS) is 11.1. The lowest BCUT2D eigenvalue weighted by Gasteiger charge is -2.06. The van der Waals surface area contributed by atoms with Crippen molar-refractivity contribution < 1.29 is 0 Å². The predicted molar refractivity (Wildman–Crippen MR) is 79.9 cm³/mol. The fourth-order valence-electron chi connectivity index (χ4n) is 1.43. The largest absolute Gasteiger partial charge is 0.316 e. The van der Waals surface area contributed by atoms with Crippen molar-refractivity contribution in [2.45, 2.75) is 26.0 Å². The maximum absolute atomic E-state index is 5.84. The van der Waals surface area contributed by atoms with Crippen LogP contribution in [-0.4, -0.2) is 18.8 Å². The molecule has 96 valence electrons. The standard InChI is InChI=1S/C14H22ClNS/c1-12(2)7-8-16-9-10-17-11-13-3-5-14(15)6-4-13/h3-6,12,16H,7-11H2,1-2H3. The van der Waals surface area contributed by atoms with Crippen LogP contribution in [0.15, 0.2) is 24.3 Å². The van der Waals surface area contributed by atoms with E-state index in [1.165, 1.54) is 17.7 Å². The van der Waals surface area contributed by atoms with Crippen molar-refractivity contribution in [2.24, 2.45) is 5.92 Å². The molecule has 0 aliphatic carbocycles. The molecule has 0 atom stereocenters. The van der Waals surface area contributed by atoms with Gasteiger partial charge in [-0.05, 0) is 36.6 Å². The van der Waals surface area contributed by atoms with Crippen molar-refractivity contribution in [3.63, 3.8) is 0 Å². The molecule has 0 aromatic heterocycles. The summed E-state index contributed by atoms with van der Waals surface area (Å²) >= 11 is 7.80. The van der Waals surface area contributed by atoms with Crippen LogP contribution in [0.5, 0.6) is 0 Å². The Kier molecular flexibility index (Phi) is 7.74. The molecule has 3 heteroatoms. The van der Waals surface area contributed by atoms with Crippen LogP contribution in [0.4, 0.5) is 0 Å². The first-order valence-corrected chi connectivity index (χ1v) is 7.74. The van der Waals surface area contributed by atoms with Crippen LogP contribution in [0.1, 0.15) is 25.8 Å². The number of thioether (sulfide) groups is 1. The summed E-state index contributed by atoms with van der Waals surface area (Å²) in [6, 6.07) is 8.11. The zero-order chi connectivity index (χ0) is 12.5. The molecule has 0 fully saturated rings. The minimum absolute atomic E-state index is 0.796. The van der Waals surface area contributed by atoms with Crippen LogP contribution in [0.25, 0.3) is 0 Å². The second-order valence-electron chi connectivity index (χ2n) is 4.61. The van der Waals surface area contributed by atoms with Gasteiger partial charge >= 0.3 is 0 Å². The quantitative estimate of drug-likeness (QED) is 0.711. The smallest absolute Gasteiger partial charge is 0.0406 e. The van der Waals surface area contributed by atoms with E-state index in [-0.39, 0.29) is 0 Å². The summed E-state index contributed by atoms with van der Waals surface area (Å²) in [4.78, 5) is 0. The fourth-order valence-corrected chi connectivity index (χ4v) is 2.42. The zero-order valence-corrected chi connectivity index (χ0v) is 12.3. The molecule has 1 N–H and O–H groups in total. The third-order valence-electron chi connectivity index (χ3n) is 2.50. The van der Waals surface area contributed by atoms with Crippen LogP contribution in [0.3, 0.4) is 0 Å². The number of benzene rings is 1. The highest BCUT2D eigenvalue weighted by atomic mass is 35.5. The summed E-state index contributed by atoms with van der Waals surface area (Å²) in [5.41, 5.74) is 1.35. The van der Waals surface area contributed by atoms with Crippen molar-refractivity contribution in [2.75, 3.05) is 18.8 Å². The van der Waals surface area contributed by atoms with E-state index in [2.05, 4.69) is 31.3 Å². The van der Waals surface area contributed by atoms with Crippen molar-refractivity contribution in [1.82, 2.24) is 5.32 Å². The predicted octanol–water partition coefficient (Wildman–Crippen LogP) is 4.21. The molecule has 0 aliphatic heterocycles. The van der Waals surface area contributed by atoms with Crippen molar-refractivity contribution >= 4 is 23.4 Å². The topological polar surface area (TPSA) is 12.0 Å². The Morgan fingerprint density at radius 3 is 2.53 bits per heavy atom. The molecule has 0 aliphatic rings. The van der Waals surface area contributed by atoms with Crippen LogP contribution < -0.4 is 5.32 Å². The van der Waals surface area contributed by atoms with E-state index >= 15 is 0 Å². The van der Waals surface area contributed by atoms with Gasteiger partial charge in [-0.1, -0.05) is 37.6 Å². The Morgan fingerprint density at radius 1 is 1.18 bits per heavy atom. The van der Waals surface area contributed by atoms with E-state index in [0.717, 1.165) is 29.8 Å². The monoisotopic (exact) mass is 271 g/mol. The second kappa shape index (κ2) is 8.84. The molecule has 1 aromatic carbocycles. The highest BCUT2D eigenvalue weighted by Crippen LogP contribution is 2.14. The number of rotatable bonds is 8. The van der Waals surface area contributed by atoms with Crippen LogP contribution in [-0.2, 0) is 5.75 Å². The third kappa shape index (κ3) is 7.69. The average Bonchev–Trinajstić information content (AvgIpc) is 2.30. The highest BCUT2D eigenvalue weighted by molar-refractivity contribution is 7.98. The third-order valence-corrected chi connectivity index (χ3v) is 3.79. The molecule has 1 rings (SSSR count). The molecular formula is C14H22ClNS. The van der Waals surface area contributed by atoms with Gasteiger partial charge in [0.1, 0.15) is 0 Å². The lowest BCUT2D eigenvalue weighted by atomic mass is 10.1. The number of nitrogens with one attached hydrogen (secondary N) is 1. The second-order valence-corrected chi connectivity index (χ2v) is 6.15. The van der Waals surface area contributed by atoms with Gasteiger partial charge in [0.15, 0.2) is 0 Å². The summed E-state index contributed by atoms with van der Waals surface area (Å²) in [6.45, 7) is 6.76. The molecule has 17 heavy (non-hydrogen) atoms. The molecule has 0 unspecified atom stereocenters. The number of hydrogen-bond donors (Lipinski definition) is 1. The van der Waals surface area contributed by atoms with Gasteiger partial charge in [-0.2, -0.15) is 11.8 Å². The van der Waals surface area contributed by atoms with Gasteiger partial charge in [-0.3, -0.25) is 0 Å². The minimum atomic E-state index is 0.796. The molecule has 0 saturated carbocycles. The first kappa shape index (κ1) is 14.9. The summed E-state index contributed by atoms with van der Waals surface area (Å²) in [6.07, 6.45) is 1.27. The van der Waals surface area contributed by atoms with Gasteiger partial charge in [0.2, 0.25) is 0 Å². The Morgan fingerprint density at radius 2 is 1.88 bits per heavy atom. The Hall–Kier alpha value is -0.180. The van der Waals surface area contributed by atoms with Gasteiger partial charge < -0.3 is 5.32 Å². The maximum Gasteiger partial charge on any atom is 0.0406 e. The maximum atomic E-state index is 5.84. The van der Waals surface area contributed by atoms with Crippen molar-refractivity contribution in [1.29, 1.82) is 0 Å². The van der Waals surface area contributed by atoms with E-state index in [4.69, 9.17) is 11.6 Å². The lowest BCUT2D eigenvalue weighted by Crippen LogP contribution is -2.19. The van der Waals surface area contributed by atoms with E-state index in [0.29, 0.717) is 0 Å². The number of halogens is 1. The van der Waals surface area contributed by atoms with Gasteiger partial charge in [0, 0.05) is 23.1 Å². The SMILES string of the molecule is CC(C)CCNCCSCc1ccc(Cl)cc1. The van der Waals surface area contributed by atoms with Gasteiger partial charge in [-0.25, -0.2) is 0 Å². The zero-order valence-electron chi connectivity index (χ0n) is 10.7. The molecule has 0 saturated heterocycles. The summed E-state index contributed by atoms with van der Waals surface area (Å²) in [7, 11) is 0. The number of hydrogen-bond acceptors (Lipinski definition) is 2. The van der Waals surface area contributed by atoms with E-state index in [9.17, 15) is 0 Å². The summed E-state index contributed by atoms with van der Waals surface area (Å²) in [5, 5.41) is 4.28. The Labute approximate surface area is 114 Å². The minimum Gasteiger partial charge on any atom is -0.316 e. The average molecular weight is 272 g/mol. The lowest BCUT2D eigenvalue weighted by molar-refractivity contribution is 0.547. The first-order valence-electron chi connectivity index (χ1n) is 6.21. The van der Waals surface area contributed by atoms with Gasteiger partial charge in [0.25, 0.3) is 0 Å². The first-order chi connectivity index (χ1) is 8.18. The van der Waals surface area contributed by atoms with Crippen molar-refractivity contribution in [3.8, 4) is 0 Å². The van der Waals surface area contributed by atoms with Crippen LogP contribution in [0, 0.1) is 5.92 Å². The molecule has 0 heterocycles. The highest BCUT2D eigenvalue weighted by Gasteiger charge is 1.95. The Balaban J connectivity index is 1.99. The van der Waals surface area contributed by atoms with Crippen LogP contribution in [0.2, 0.25) is 5.02 Å². The molecule has 0 amide bonds. The van der Waals surface area contributed by atoms with Crippen molar-refractivity contribution in [3.05, 3.63) is 34.9 Å². The molecule has 0 radical (unpaired) electrons. The van der Waals surface area contributed by atoms with Crippen LogP contribution >= 0.6 is 23.4 Å². The molecule has 0 bridgehead atoms. The molecule has 0 spiro atoms. The van der Waals surface area contributed by atoms with E-state index in [1.807, 2.05) is 23.9 Å².